The topological polar surface area (TPSA) is 94.2 Å². The molecule has 0 bridgehead atoms. The number of esters is 1. The van der Waals surface area contributed by atoms with Crippen molar-refractivity contribution in [2.75, 3.05) is 18.3 Å². The fourth-order valence-corrected chi connectivity index (χ4v) is 3.49. The van der Waals surface area contributed by atoms with Gasteiger partial charge in [-0.1, -0.05) is 19.4 Å². The molecule has 2 amide bonds. The SMILES string of the molecule is CCCCOC(=O)c1ccc(N2C(=O)CC(NCc3ccc4c(c3)OCO4)C2=O)cc1. The normalized spacial score (nSPS) is 17.3. The number of amides is 2. The Balaban J connectivity index is 1.37. The van der Waals surface area contributed by atoms with Gasteiger partial charge in [0.1, 0.15) is 0 Å². The van der Waals surface area contributed by atoms with Gasteiger partial charge >= 0.3 is 5.97 Å². The molecule has 0 aromatic heterocycles. The molecule has 0 saturated carbocycles. The molecule has 1 fully saturated rings. The first-order valence-corrected chi connectivity index (χ1v) is 10.3. The number of rotatable bonds is 8. The van der Waals surface area contributed by atoms with Gasteiger partial charge < -0.3 is 19.5 Å². The van der Waals surface area contributed by atoms with Crippen molar-refractivity contribution in [1.82, 2.24) is 5.32 Å². The lowest BCUT2D eigenvalue weighted by Gasteiger charge is -2.16. The first kappa shape index (κ1) is 20.9. The molecule has 162 valence electrons. The van der Waals surface area contributed by atoms with E-state index in [1.54, 1.807) is 24.3 Å². The van der Waals surface area contributed by atoms with E-state index < -0.39 is 12.0 Å². The van der Waals surface area contributed by atoms with Crippen molar-refractivity contribution in [3.05, 3.63) is 53.6 Å². The Morgan fingerprint density at radius 1 is 1.13 bits per heavy atom. The molecule has 8 heteroatoms. The van der Waals surface area contributed by atoms with Crippen LogP contribution in [0.2, 0.25) is 0 Å². The Labute approximate surface area is 180 Å². The molecular formula is C23H24N2O6. The fourth-order valence-electron chi connectivity index (χ4n) is 3.49. The van der Waals surface area contributed by atoms with Gasteiger partial charge in [0.2, 0.25) is 12.7 Å². The predicted molar refractivity (Wildman–Crippen MR) is 112 cm³/mol. The molecule has 31 heavy (non-hydrogen) atoms. The molecule has 1 N–H and O–H groups in total. The quantitative estimate of drug-likeness (QED) is 0.396. The zero-order chi connectivity index (χ0) is 21.8. The number of fused-ring (bicyclic) bond motifs is 1. The van der Waals surface area contributed by atoms with E-state index in [1.165, 1.54) is 0 Å². The van der Waals surface area contributed by atoms with Gasteiger partial charge in [0.15, 0.2) is 11.5 Å². The number of benzene rings is 2. The van der Waals surface area contributed by atoms with Crippen molar-refractivity contribution < 1.29 is 28.6 Å². The van der Waals surface area contributed by atoms with E-state index in [9.17, 15) is 14.4 Å². The number of carbonyl (C=O) groups is 3. The monoisotopic (exact) mass is 424 g/mol. The van der Waals surface area contributed by atoms with E-state index in [0.717, 1.165) is 23.3 Å². The van der Waals surface area contributed by atoms with Crippen LogP contribution in [0, 0.1) is 0 Å². The third-order valence-corrected chi connectivity index (χ3v) is 5.23. The Kier molecular flexibility index (Phi) is 6.18. The largest absolute Gasteiger partial charge is 0.462 e. The molecule has 0 aliphatic carbocycles. The molecule has 0 radical (unpaired) electrons. The van der Waals surface area contributed by atoms with Gasteiger partial charge in [0.25, 0.3) is 5.91 Å². The molecule has 2 aliphatic rings. The Hall–Kier alpha value is -3.39. The minimum absolute atomic E-state index is 0.0736. The molecule has 8 nitrogen and oxygen atoms in total. The van der Waals surface area contributed by atoms with Gasteiger partial charge in [-0.3, -0.25) is 9.59 Å². The highest BCUT2D eigenvalue weighted by atomic mass is 16.7. The fraction of sp³-hybridized carbons (Fsp3) is 0.348. The van der Waals surface area contributed by atoms with Crippen LogP contribution in [0.25, 0.3) is 0 Å². The molecule has 0 spiro atoms. The Morgan fingerprint density at radius 3 is 2.68 bits per heavy atom. The van der Waals surface area contributed by atoms with Crippen LogP contribution in [0.4, 0.5) is 5.69 Å². The van der Waals surface area contributed by atoms with Gasteiger partial charge in [0, 0.05) is 6.54 Å². The van der Waals surface area contributed by atoms with Gasteiger partial charge in [-0.15, -0.1) is 0 Å². The van der Waals surface area contributed by atoms with Gasteiger partial charge in [0.05, 0.1) is 30.3 Å². The molecular weight excluding hydrogens is 400 g/mol. The molecule has 2 aliphatic heterocycles. The highest BCUT2D eigenvalue weighted by molar-refractivity contribution is 6.22. The maximum atomic E-state index is 12.8. The van der Waals surface area contributed by atoms with Gasteiger partial charge in [-0.2, -0.15) is 0 Å². The van der Waals surface area contributed by atoms with Crippen molar-refractivity contribution in [3.8, 4) is 11.5 Å². The van der Waals surface area contributed by atoms with Crippen molar-refractivity contribution in [2.24, 2.45) is 0 Å². The van der Waals surface area contributed by atoms with E-state index >= 15 is 0 Å². The number of hydrogen-bond donors (Lipinski definition) is 1. The summed E-state index contributed by atoms with van der Waals surface area (Å²) in [7, 11) is 0. The van der Waals surface area contributed by atoms with Crippen LogP contribution in [-0.2, 0) is 20.9 Å². The van der Waals surface area contributed by atoms with Crippen LogP contribution in [0.5, 0.6) is 11.5 Å². The second-order valence-electron chi connectivity index (χ2n) is 7.43. The Morgan fingerprint density at radius 2 is 1.90 bits per heavy atom. The molecule has 4 rings (SSSR count). The zero-order valence-corrected chi connectivity index (χ0v) is 17.3. The average molecular weight is 424 g/mol. The van der Waals surface area contributed by atoms with Crippen molar-refractivity contribution in [2.45, 2.75) is 38.8 Å². The molecule has 2 aromatic rings. The van der Waals surface area contributed by atoms with Crippen LogP contribution >= 0.6 is 0 Å². The van der Waals surface area contributed by atoms with Crippen molar-refractivity contribution in [3.63, 3.8) is 0 Å². The average Bonchev–Trinajstić information content (AvgIpc) is 3.35. The summed E-state index contributed by atoms with van der Waals surface area (Å²) in [6.45, 7) is 3.00. The number of imide groups is 1. The summed E-state index contributed by atoms with van der Waals surface area (Å²) in [5, 5.41) is 3.14. The second-order valence-corrected chi connectivity index (χ2v) is 7.43. The number of unbranched alkanes of at least 4 members (excludes halogenated alkanes) is 1. The van der Waals surface area contributed by atoms with Gasteiger partial charge in [-0.05, 0) is 48.4 Å². The lowest BCUT2D eigenvalue weighted by molar-refractivity contribution is -0.121. The Bertz CT molecular complexity index is 988. The molecule has 2 heterocycles. The van der Waals surface area contributed by atoms with Crippen LogP contribution < -0.4 is 19.7 Å². The summed E-state index contributed by atoms with van der Waals surface area (Å²) in [5.41, 5.74) is 1.75. The summed E-state index contributed by atoms with van der Waals surface area (Å²) in [6.07, 6.45) is 1.82. The molecule has 1 saturated heterocycles. The van der Waals surface area contributed by atoms with E-state index in [4.69, 9.17) is 14.2 Å². The summed E-state index contributed by atoms with van der Waals surface area (Å²) in [6, 6.07) is 11.3. The summed E-state index contributed by atoms with van der Waals surface area (Å²) >= 11 is 0. The molecule has 1 unspecified atom stereocenters. The maximum absolute atomic E-state index is 12.8. The van der Waals surface area contributed by atoms with Gasteiger partial charge in [-0.25, -0.2) is 9.69 Å². The number of nitrogens with one attached hydrogen (secondary N) is 1. The molecule has 1 atom stereocenters. The first-order valence-electron chi connectivity index (χ1n) is 10.3. The number of ether oxygens (including phenoxy) is 3. The predicted octanol–water partition coefficient (Wildman–Crippen LogP) is 2.79. The summed E-state index contributed by atoms with van der Waals surface area (Å²) in [4.78, 5) is 38.5. The van der Waals surface area contributed by atoms with Crippen LogP contribution in [0.15, 0.2) is 42.5 Å². The lowest BCUT2D eigenvalue weighted by Crippen LogP contribution is -2.38. The maximum Gasteiger partial charge on any atom is 0.338 e. The minimum atomic E-state index is -0.614. The summed E-state index contributed by atoms with van der Waals surface area (Å²) in [5.74, 6) is 0.348. The van der Waals surface area contributed by atoms with Crippen LogP contribution in [0.3, 0.4) is 0 Å². The first-order chi connectivity index (χ1) is 15.1. The highest BCUT2D eigenvalue weighted by Crippen LogP contribution is 2.32. The lowest BCUT2D eigenvalue weighted by atomic mass is 10.1. The van der Waals surface area contributed by atoms with Crippen molar-refractivity contribution in [1.29, 1.82) is 0 Å². The van der Waals surface area contributed by atoms with E-state index in [1.807, 2.05) is 25.1 Å². The molecule has 2 aromatic carbocycles. The smallest absolute Gasteiger partial charge is 0.338 e. The van der Waals surface area contributed by atoms with E-state index in [-0.39, 0.29) is 25.0 Å². The number of carbonyl (C=O) groups excluding carboxylic acids is 3. The van der Waals surface area contributed by atoms with Crippen molar-refractivity contribution >= 4 is 23.5 Å². The van der Waals surface area contributed by atoms with Crippen LogP contribution in [0.1, 0.15) is 42.1 Å². The second kappa shape index (κ2) is 9.18. The number of nitrogens with zero attached hydrogens (tertiary/aromatic N) is 1. The minimum Gasteiger partial charge on any atom is -0.462 e. The third-order valence-electron chi connectivity index (χ3n) is 5.23. The zero-order valence-electron chi connectivity index (χ0n) is 17.3. The number of anilines is 1. The van der Waals surface area contributed by atoms with E-state index in [2.05, 4.69) is 5.32 Å². The number of hydrogen-bond acceptors (Lipinski definition) is 7. The summed E-state index contributed by atoms with van der Waals surface area (Å²) < 4.78 is 15.8. The highest BCUT2D eigenvalue weighted by Gasteiger charge is 2.39. The van der Waals surface area contributed by atoms with E-state index in [0.29, 0.717) is 35.9 Å². The van der Waals surface area contributed by atoms with Crippen LogP contribution in [-0.4, -0.2) is 37.2 Å². The third kappa shape index (κ3) is 4.54. The standard InChI is InChI=1S/C23H24N2O6/c1-2-3-10-29-23(28)16-5-7-17(8-6-16)25-21(26)12-18(22(25)27)24-13-15-4-9-19-20(11-15)31-14-30-19/h4-9,11,18,24H,2-3,10,12-14H2,1H3.